The first kappa shape index (κ1) is 13.1. The number of nitrogens with zero attached hydrogens (tertiary/aromatic N) is 3. The maximum Gasteiger partial charge on any atom is 0.416 e. The highest BCUT2D eigenvalue weighted by molar-refractivity contribution is 5.57. The van der Waals surface area contributed by atoms with Crippen LogP contribution in [0.4, 0.5) is 13.2 Å². The zero-order chi connectivity index (χ0) is 14.3. The predicted octanol–water partition coefficient (Wildman–Crippen LogP) is 2.27. The van der Waals surface area contributed by atoms with Crippen molar-refractivity contribution in [3.63, 3.8) is 0 Å². The molecule has 4 nitrogen and oxygen atoms in total. The van der Waals surface area contributed by atoms with Crippen LogP contribution in [0.3, 0.4) is 0 Å². The van der Waals surface area contributed by atoms with Gasteiger partial charge in [-0.05, 0) is 18.6 Å². The summed E-state index contributed by atoms with van der Waals surface area (Å²) in [6.45, 7) is 0.509. The summed E-state index contributed by atoms with van der Waals surface area (Å²) in [5.41, 5.74) is -0.321. The molecule has 2 aromatic rings. The summed E-state index contributed by atoms with van der Waals surface area (Å²) in [7, 11) is 0. The molecule has 1 atom stereocenters. The standard InChI is InChI=1S/C13H12F3N3O/c14-13(15,16)9-3-1-2-8(6-9)12-18-17-11-7-10(20)4-5-19(11)12/h1-3,6,10,20H,4-5,7H2. The topological polar surface area (TPSA) is 50.9 Å². The Morgan fingerprint density at radius 3 is 2.80 bits per heavy atom. The highest BCUT2D eigenvalue weighted by Crippen LogP contribution is 2.32. The first-order valence-corrected chi connectivity index (χ1v) is 6.23. The molecule has 0 amide bonds. The summed E-state index contributed by atoms with van der Waals surface area (Å²) in [5.74, 6) is 1.02. The number of aliphatic hydroxyl groups is 1. The van der Waals surface area contributed by atoms with Crippen LogP contribution in [0.2, 0.25) is 0 Å². The second-order valence-electron chi connectivity index (χ2n) is 4.82. The van der Waals surface area contributed by atoms with Gasteiger partial charge >= 0.3 is 6.18 Å². The number of alkyl halides is 3. The average Bonchev–Trinajstić information content (AvgIpc) is 2.80. The molecule has 0 spiro atoms. The highest BCUT2D eigenvalue weighted by Gasteiger charge is 2.31. The maximum atomic E-state index is 12.7. The summed E-state index contributed by atoms with van der Waals surface area (Å²) >= 11 is 0. The molecule has 0 saturated heterocycles. The molecule has 1 N–H and O–H groups in total. The van der Waals surface area contributed by atoms with Crippen LogP contribution >= 0.6 is 0 Å². The van der Waals surface area contributed by atoms with Crippen LogP contribution in [0.5, 0.6) is 0 Å². The van der Waals surface area contributed by atoms with Crippen molar-refractivity contribution < 1.29 is 18.3 Å². The fourth-order valence-corrected chi connectivity index (χ4v) is 2.36. The average molecular weight is 283 g/mol. The summed E-state index contributed by atoms with van der Waals surface area (Å²) < 4.78 is 39.9. The molecule has 1 aromatic heterocycles. The second-order valence-corrected chi connectivity index (χ2v) is 4.82. The van der Waals surface area contributed by atoms with Crippen molar-refractivity contribution in [3.8, 4) is 11.4 Å². The van der Waals surface area contributed by atoms with Gasteiger partial charge in [-0.2, -0.15) is 13.2 Å². The largest absolute Gasteiger partial charge is 0.416 e. The minimum atomic E-state index is -4.38. The van der Waals surface area contributed by atoms with Gasteiger partial charge in [0.15, 0.2) is 5.82 Å². The zero-order valence-corrected chi connectivity index (χ0v) is 10.4. The third-order valence-electron chi connectivity index (χ3n) is 3.38. The van der Waals surface area contributed by atoms with Gasteiger partial charge in [-0.15, -0.1) is 10.2 Å². The molecule has 20 heavy (non-hydrogen) atoms. The number of halogens is 3. The highest BCUT2D eigenvalue weighted by atomic mass is 19.4. The van der Waals surface area contributed by atoms with E-state index in [0.29, 0.717) is 36.6 Å². The SMILES string of the molecule is OC1CCn2c(nnc2-c2cccc(C(F)(F)F)c2)C1. The van der Waals surface area contributed by atoms with E-state index < -0.39 is 17.8 Å². The number of hydrogen-bond donors (Lipinski definition) is 1. The molecule has 0 aliphatic carbocycles. The number of rotatable bonds is 1. The lowest BCUT2D eigenvalue weighted by Crippen LogP contribution is -2.23. The second kappa shape index (κ2) is 4.59. The Labute approximate surface area is 112 Å². The van der Waals surface area contributed by atoms with Gasteiger partial charge in [0.2, 0.25) is 0 Å². The Hall–Kier alpha value is -1.89. The number of fused-ring (bicyclic) bond motifs is 1. The van der Waals surface area contributed by atoms with Gasteiger partial charge in [-0.25, -0.2) is 0 Å². The molecule has 1 aliphatic rings. The van der Waals surface area contributed by atoms with Gasteiger partial charge in [0.1, 0.15) is 5.82 Å². The maximum absolute atomic E-state index is 12.7. The number of aromatic nitrogens is 3. The minimum Gasteiger partial charge on any atom is -0.393 e. The van der Waals surface area contributed by atoms with Crippen LogP contribution in [0.1, 0.15) is 17.8 Å². The molecule has 7 heteroatoms. The Morgan fingerprint density at radius 1 is 1.25 bits per heavy atom. The van der Waals surface area contributed by atoms with Crippen LogP contribution in [0, 0.1) is 0 Å². The minimum absolute atomic E-state index is 0.381. The van der Waals surface area contributed by atoms with E-state index in [4.69, 9.17) is 0 Å². The molecule has 0 fully saturated rings. The first-order chi connectivity index (χ1) is 9.45. The Balaban J connectivity index is 2.02. The number of hydrogen-bond acceptors (Lipinski definition) is 3. The van der Waals surface area contributed by atoms with Crippen LogP contribution in [-0.2, 0) is 19.1 Å². The van der Waals surface area contributed by atoms with Gasteiger partial charge in [0.05, 0.1) is 11.7 Å². The van der Waals surface area contributed by atoms with Gasteiger partial charge < -0.3 is 9.67 Å². The van der Waals surface area contributed by atoms with Gasteiger partial charge in [-0.1, -0.05) is 12.1 Å². The first-order valence-electron chi connectivity index (χ1n) is 6.23. The van der Waals surface area contributed by atoms with Crippen LogP contribution in [-0.4, -0.2) is 26.0 Å². The van der Waals surface area contributed by atoms with Crippen molar-refractivity contribution in [2.75, 3.05) is 0 Å². The van der Waals surface area contributed by atoms with E-state index in [2.05, 4.69) is 10.2 Å². The summed E-state index contributed by atoms with van der Waals surface area (Å²) in [6, 6.07) is 5.04. The van der Waals surface area contributed by atoms with E-state index in [1.165, 1.54) is 6.07 Å². The summed E-state index contributed by atoms with van der Waals surface area (Å²) in [4.78, 5) is 0. The molecule has 2 heterocycles. The van der Waals surface area contributed by atoms with Crippen molar-refractivity contribution in [1.29, 1.82) is 0 Å². The lowest BCUT2D eigenvalue weighted by Gasteiger charge is -2.19. The molecular weight excluding hydrogens is 271 g/mol. The van der Waals surface area contributed by atoms with Crippen LogP contribution < -0.4 is 0 Å². The summed E-state index contributed by atoms with van der Waals surface area (Å²) in [5, 5.41) is 17.5. The molecule has 1 aromatic carbocycles. The van der Waals surface area contributed by atoms with E-state index in [1.54, 1.807) is 10.6 Å². The monoisotopic (exact) mass is 283 g/mol. The lowest BCUT2D eigenvalue weighted by molar-refractivity contribution is -0.137. The quantitative estimate of drug-likeness (QED) is 0.873. The molecule has 1 aliphatic heterocycles. The van der Waals surface area contributed by atoms with Crippen LogP contribution in [0.15, 0.2) is 24.3 Å². The van der Waals surface area contributed by atoms with Crippen molar-refractivity contribution in [2.24, 2.45) is 0 Å². The third kappa shape index (κ3) is 2.29. The van der Waals surface area contributed by atoms with Crippen molar-refractivity contribution in [1.82, 2.24) is 14.8 Å². The number of benzene rings is 1. The fourth-order valence-electron chi connectivity index (χ4n) is 2.36. The fraction of sp³-hybridized carbons (Fsp3) is 0.385. The molecule has 0 saturated carbocycles. The Morgan fingerprint density at radius 2 is 2.05 bits per heavy atom. The van der Waals surface area contributed by atoms with E-state index in [9.17, 15) is 18.3 Å². The zero-order valence-electron chi connectivity index (χ0n) is 10.4. The van der Waals surface area contributed by atoms with E-state index in [1.807, 2.05) is 0 Å². The van der Waals surface area contributed by atoms with Crippen molar-refractivity contribution >= 4 is 0 Å². The molecular formula is C13H12F3N3O. The third-order valence-corrected chi connectivity index (χ3v) is 3.38. The van der Waals surface area contributed by atoms with Crippen molar-refractivity contribution in [3.05, 3.63) is 35.7 Å². The van der Waals surface area contributed by atoms with Gasteiger partial charge in [-0.3, -0.25) is 0 Å². The normalized spacial score (nSPS) is 18.9. The Kier molecular flexibility index (Phi) is 3.01. The van der Waals surface area contributed by atoms with Gasteiger partial charge in [0.25, 0.3) is 0 Å². The summed E-state index contributed by atoms with van der Waals surface area (Å²) in [6.07, 6.45) is -3.90. The van der Waals surface area contributed by atoms with E-state index in [0.717, 1.165) is 12.1 Å². The smallest absolute Gasteiger partial charge is 0.393 e. The van der Waals surface area contributed by atoms with E-state index >= 15 is 0 Å². The van der Waals surface area contributed by atoms with E-state index in [-0.39, 0.29) is 0 Å². The lowest BCUT2D eigenvalue weighted by atomic mass is 10.1. The predicted molar refractivity (Wildman–Crippen MR) is 64.8 cm³/mol. The molecule has 1 unspecified atom stereocenters. The molecule has 3 rings (SSSR count). The molecule has 0 radical (unpaired) electrons. The number of aliphatic hydroxyl groups excluding tert-OH is 1. The van der Waals surface area contributed by atoms with Crippen molar-refractivity contribution in [2.45, 2.75) is 31.7 Å². The van der Waals surface area contributed by atoms with Gasteiger partial charge in [0, 0.05) is 18.5 Å². The Bertz CT molecular complexity index is 636. The molecule has 106 valence electrons. The van der Waals surface area contributed by atoms with Crippen LogP contribution in [0.25, 0.3) is 11.4 Å². The molecule has 0 bridgehead atoms.